The number of aromatic nitrogens is 2. The summed E-state index contributed by atoms with van der Waals surface area (Å²) in [5, 5.41) is 3.13. The van der Waals surface area contributed by atoms with Crippen molar-refractivity contribution in [3.63, 3.8) is 0 Å². The highest BCUT2D eigenvalue weighted by Crippen LogP contribution is 2.30. The van der Waals surface area contributed by atoms with Gasteiger partial charge in [0, 0.05) is 31.8 Å². The third kappa shape index (κ3) is 2.86. The van der Waals surface area contributed by atoms with Crippen molar-refractivity contribution in [1.29, 1.82) is 0 Å². The molecule has 1 N–H and O–H groups in total. The lowest BCUT2D eigenvalue weighted by molar-refractivity contribution is 0.563. The predicted octanol–water partition coefficient (Wildman–Crippen LogP) is 2.87. The molecule has 0 bridgehead atoms. The van der Waals surface area contributed by atoms with Crippen molar-refractivity contribution >= 4 is 11.6 Å². The zero-order chi connectivity index (χ0) is 13.8. The van der Waals surface area contributed by atoms with Crippen LogP contribution >= 0.6 is 0 Å². The molecule has 0 saturated carbocycles. The van der Waals surface area contributed by atoms with Gasteiger partial charge in [-0.3, -0.25) is 0 Å². The number of rotatable bonds is 5. The van der Waals surface area contributed by atoms with Crippen molar-refractivity contribution in [3.05, 3.63) is 36.0 Å². The maximum absolute atomic E-state index is 5.10. The summed E-state index contributed by atoms with van der Waals surface area (Å²) in [5.74, 6) is 2.19. The minimum absolute atomic E-state index is 0.352. The number of furan rings is 1. The summed E-state index contributed by atoms with van der Waals surface area (Å²) in [6.07, 6.45) is 5.04. The molecule has 0 radical (unpaired) electrons. The molecular weight excluding hydrogens is 240 g/mol. The first-order valence-electron chi connectivity index (χ1n) is 6.38. The second-order valence-corrected chi connectivity index (χ2v) is 4.85. The van der Waals surface area contributed by atoms with Crippen LogP contribution < -0.4 is 10.2 Å². The van der Waals surface area contributed by atoms with Gasteiger partial charge >= 0.3 is 0 Å². The molecule has 0 aliphatic carbocycles. The lowest BCUT2D eigenvalue weighted by Gasteiger charge is -2.23. The van der Waals surface area contributed by atoms with Gasteiger partial charge in [0.15, 0.2) is 0 Å². The summed E-state index contributed by atoms with van der Waals surface area (Å²) in [7, 11) is 3.91. The Morgan fingerprint density at radius 1 is 1.37 bits per heavy atom. The zero-order valence-corrected chi connectivity index (χ0v) is 11.8. The molecule has 19 heavy (non-hydrogen) atoms. The van der Waals surface area contributed by atoms with Gasteiger partial charge in [-0.25, -0.2) is 9.97 Å². The Hall–Kier alpha value is -2.04. The maximum Gasteiger partial charge on any atom is 0.137 e. The molecular formula is C14H20N4O. The quantitative estimate of drug-likeness (QED) is 0.895. The second-order valence-electron chi connectivity index (χ2n) is 4.85. The largest absolute Gasteiger partial charge is 0.472 e. The first-order chi connectivity index (χ1) is 9.13. The first-order valence-corrected chi connectivity index (χ1v) is 6.38. The van der Waals surface area contributed by atoms with Crippen molar-refractivity contribution in [1.82, 2.24) is 9.97 Å². The Bertz CT molecular complexity index is 522. The fourth-order valence-corrected chi connectivity index (χ4v) is 2.15. The minimum atomic E-state index is 0.352. The van der Waals surface area contributed by atoms with Gasteiger partial charge < -0.3 is 14.6 Å². The molecule has 2 rings (SSSR count). The van der Waals surface area contributed by atoms with Gasteiger partial charge in [0.25, 0.3) is 0 Å². The molecule has 102 valence electrons. The van der Waals surface area contributed by atoms with E-state index in [0.717, 1.165) is 29.3 Å². The lowest BCUT2D eigenvalue weighted by Crippen LogP contribution is -2.20. The van der Waals surface area contributed by atoms with Crippen molar-refractivity contribution in [2.45, 2.75) is 26.3 Å². The fraction of sp³-hybridized carbons (Fsp3) is 0.429. The molecule has 0 amide bonds. The van der Waals surface area contributed by atoms with E-state index in [1.54, 1.807) is 18.9 Å². The van der Waals surface area contributed by atoms with Crippen LogP contribution in [0, 0.1) is 0 Å². The van der Waals surface area contributed by atoms with Crippen molar-refractivity contribution in [2.75, 3.05) is 24.3 Å². The number of hydrogen-bond donors (Lipinski definition) is 1. The van der Waals surface area contributed by atoms with Gasteiger partial charge in [-0.05, 0) is 12.0 Å². The van der Waals surface area contributed by atoms with Crippen LogP contribution in [0.1, 0.15) is 30.9 Å². The number of nitrogens with zero attached hydrogens (tertiary/aromatic N) is 3. The molecule has 2 aromatic heterocycles. The fourth-order valence-electron chi connectivity index (χ4n) is 2.15. The Morgan fingerprint density at radius 2 is 2.16 bits per heavy atom. The third-order valence-corrected chi connectivity index (χ3v) is 3.04. The Kier molecular flexibility index (Phi) is 4.04. The molecule has 2 heterocycles. The van der Waals surface area contributed by atoms with Crippen LogP contribution in [-0.2, 0) is 6.54 Å². The van der Waals surface area contributed by atoms with E-state index in [-0.39, 0.29) is 0 Å². The summed E-state index contributed by atoms with van der Waals surface area (Å²) in [4.78, 5) is 10.8. The molecule has 5 nitrogen and oxygen atoms in total. The van der Waals surface area contributed by atoms with E-state index in [9.17, 15) is 0 Å². The van der Waals surface area contributed by atoms with Crippen molar-refractivity contribution in [3.8, 4) is 0 Å². The molecule has 0 spiro atoms. The standard InChI is InChI=1S/C14H20N4O/c1-10(2)12-13(15-3)16-9-17-14(12)18(4)7-11-5-6-19-8-11/h5-6,8-10H,7H2,1-4H3,(H,15,16,17). The number of hydrogen-bond acceptors (Lipinski definition) is 5. The predicted molar refractivity (Wildman–Crippen MR) is 76.5 cm³/mol. The average molecular weight is 260 g/mol. The van der Waals surface area contributed by atoms with E-state index in [4.69, 9.17) is 4.42 Å². The summed E-state index contributed by atoms with van der Waals surface area (Å²) < 4.78 is 5.10. The van der Waals surface area contributed by atoms with Gasteiger partial charge in [0.05, 0.1) is 12.5 Å². The van der Waals surface area contributed by atoms with Crippen molar-refractivity contribution in [2.24, 2.45) is 0 Å². The van der Waals surface area contributed by atoms with E-state index >= 15 is 0 Å². The highest BCUT2D eigenvalue weighted by molar-refractivity contribution is 5.59. The van der Waals surface area contributed by atoms with Crippen molar-refractivity contribution < 1.29 is 4.42 Å². The maximum atomic E-state index is 5.10. The molecule has 0 atom stereocenters. The second kappa shape index (κ2) is 5.73. The number of anilines is 2. The summed E-state index contributed by atoms with van der Waals surface area (Å²) in [6.45, 7) is 5.06. The van der Waals surface area contributed by atoms with Gasteiger partial charge in [0.2, 0.25) is 0 Å². The lowest BCUT2D eigenvalue weighted by atomic mass is 10.0. The summed E-state index contributed by atoms with van der Waals surface area (Å²) >= 11 is 0. The van der Waals surface area contributed by atoms with Gasteiger partial charge in [-0.2, -0.15) is 0 Å². The van der Waals surface area contributed by atoms with Crippen LogP contribution in [0.3, 0.4) is 0 Å². The summed E-state index contributed by atoms with van der Waals surface area (Å²) in [5.41, 5.74) is 2.26. The molecule has 0 unspecified atom stereocenters. The Morgan fingerprint density at radius 3 is 2.74 bits per heavy atom. The van der Waals surface area contributed by atoms with Gasteiger partial charge in [0.1, 0.15) is 18.0 Å². The highest BCUT2D eigenvalue weighted by Gasteiger charge is 2.17. The molecule has 0 aromatic carbocycles. The number of nitrogens with one attached hydrogen (secondary N) is 1. The van der Waals surface area contributed by atoms with Crippen LogP contribution in [-0.4, -0.2) is 24.1 Å². The van der Waals surface area contributed by atoms with Crippen LogP contribution in [0.2, 0.25) is 0 Å². The van der Waals surface area contributed by atoms with Crippen LogP contribution in [0.4, 0.5) is 11.6 Å². The minimum Gasteiger partial charge on any atom is -0.472 e. The molecule has 0 saturated heterocycles. The smallest absolute Gasteiger partial charge is 0.137 e. The molecule has 5 heteroatoms. The van der Waals surface area contributed by atoms with E-state index in [1.807, 2.05) is 20.2 Å². The molecule has 0 fully saturated rings. The molecule has 0 aliphatic rings. The summed E-state index contributed by atoms with van der Waals surface area (Å²) in [6, 6.07) is 1.96. The first kappa shape index (κ1) is 13.4. The monoisotopic (exact) mass is 260 g/mol. The Balaban J connectivity index is 2.32. The van der Waals surface area contributed by atoms with E-state index in [2.05, 4.69) is 34.0 Å². The van der Waals surface area contributed by atoms with Gasteiger partial charge in [-0.15, -0.1) is 0 Å². The van der Waals surface area contributed by atoms with Crippen LogP contribution in [0.25, 0.3) is 0 Å². The van der Waals surface area contributed by atoms with E-state index in [0.29, 0.717) is 5.92 Å². The van der Waals surface area contributed by atoms with E-state index in [1.165, 1.54) is 0 Å². The molecule has 2 aromatic rings. The SMILES string of the molecule is CNc1ncnc(N(C)Cc2ccoc2)c1C(C)C. The van der Waals surface area contributed by atoms with E-state index < -0.39 is 0 Å². The highest BCUT2D eigenvalue weighted by atomic mass is 16.3. The topological polar surface area (TPSA) is 54.2 Å². The van der Waals surface area contributed by atoms with Crippen LogP contribution in [0.5, 0.6) is 0 Å². The normalized spacial score (nSPS) is 10.8. The van der Waals surface area contributed by atoms with Gasteiger partial charge in [-0.1, -0.05) is 13.8 Å². The Labute approximate surface area is 113 Å². The zero-order valence-electron chi connectivity index (χ0n) is 11.8. The van der Waals surface area contributed by atoms with Crippen LogP contribution in [0.15, 0.2) is 29.3 Å². The molecule has 0 aliphatic heterocycles. The third-order valence-electron chi connectivity index (χ3n) is 3.04. The average Bonchev–Trinajstić information content (AvgIpc) is 2.90.